The minimum Gasteiger partial charge on any atom is -0.396 e. The van der Waals surface area contributed by atoms with Gasteiger partial charge in [-0.1, -0.05) is 36.0 Å². The average molecular weight is 352 g/mol. The van der Waals surface area contributed by atoms with Crippen molar-refractivity contribution in [1.29, 1.82) is 0 Å². The standard InChI is InChI=1S/C19H28O4S/c1-15-11-18(17-6-3-5-16(13-17)14-20)7-8-19(12-15)23-9-4-10-24(2,21)22/h3,5-7,12,16,19-20H,4,8-11,13-14H2,1-2H3. The number of hydrogen-bond acceptors (Lipinski definition) is 4. The number of ether oxygens (including phenoxy) is 1. The topological polar surface area (TPSA) is 63.6 Å². The van der Waals surface area contributed by atoms with E-state index in [1.807, 2.05) is 6.08 Å². The van der Waals surface area contributed by atoms with Gasteiger partial charge in [-0.25, -0.2) is 8.42 Å². The fourth-order valence-corrected chi connectivity index (χ4v) is 3.75. The zero-order valence-corrected chi connectivity index (χ0v) is 15.4. The molecule has 4 nitrogen and oxygen atoms in total. The molecule has 0 aromatic carbocycles. The van der Waals surface area contributed by atoms with E-state index in [4.69, 9.17) is 4.74 Å². The molecule has 0 aromatic heterocycles. The molecule has 2 unspecified atom stereocenters. The van der Waals surface area contributed by atoms with Crippen molar-refractivity contribution in [2.24, 2.45) is 5.92 Å². The first-order chi connectivity index (χ1) is 11.4. The Bertz CT molecular complexity index is 653. The molecule has 0 bridgehead atoms. The summed E-state index contributed by atoms with van der Waals surface area (Å²) in [6, 6.07) is 0. The van der Waals surface area contributed by atoms with Crippen molar-refractivity contribution in [2.45, 2.75) is 38.7 Å². The number of aliphatic hydroxyl groups is 1. The highest BCUT2D eigenvalue weighted by atomic mass is 32.2. The number of aliphatic hydroxyl groups excluding tert-OH is 1. The summed E-state index contributed by atoms with van der Waals surface area (Å²) in [5.74, 6) is 0.382. The van der Waals surface area contributed by atoms with Crippen LogP contribution < -0.4 is 0 Å². The normalized spacial score (nSPS) is 24.9. The Morgan fingerprint density at radius 3 is 2.83 bits per heavy atom. The summed E-state index contributed by atoms with van der Waals surface area (Å²) in [5, 5.41) is 9.36. The first-order valence-corrected chi connectivity index (χ1v) is 10.6. The van der Waals surface area contributed by atoms with Crippen LogP contribution in [-0.2, 0) is 14.6 Å². The van der Waals surface area contributed by atoms with Gasteiger partial charge in [-0.3, -0.25) is 0 Å². The van der Waals surface area contributed by atoms with Crippen LogP contribution in [0.1, 0.15) is 32.6 Å². The Labute approximate surface area is 145 Å². The lowest BCUT2D eigenvalue weighted by atomic mass is 9.88. The average Bonchev–Trinajstić information content (AvgIpc) is 2.72. The highest BCUT2D eigenvalue weighted by Gasteiger charge is 2.17. The van der Waals surface area contributed by atoms with E-state index in [1.165, 1.54) is 23.0 Å². The van der Waals surface area contributed by atoms with E-state index in [0.717, 1.165) is 19.3 Å². The predicted molar refractivity (Wildman–Crippen MR) is 97.6 cm³/mol. The van der Waals surface area contributed by atoms with E-state index in [2.05, 4.69) is 31.2 Å². The van der Waals surface area contributed by atoms with Crippen molar-refractivity contribution < 1.29 is 18.3 Å². The van der Waals surface area contributed by atoms with Gasteiger partial charge in [0.25, 0.3) is 0 Å². The van der Waals surface area contributed by atoms with Crippen LogP contribution >= 0.6 is 0 Å². The number of allylic oxidation sites excluding steroid dienone is 5. The summed E-state index contributed by atoms with van der Waals surface area (Å²) in [4.78, 5) is 0. The van der Waals surface area contributed by atoms with Gasteiger partial charge in [0.15, 0.2) is 0 Å². The number of sulfone groups is 1. The van der Waals surface area contributed by atoms with E-state index in [0.29, 0.717) is 13.0 Å². The molecule has 2 atom stereocenters. The zero-order valence-electron chi connectivity index (χ0n) is 14.6. The zero-order chi connectivity index (χ0) is 17.6. The molecule has 1 N–H and O–H groups in total. The molecule has 0 aliphatic heterocycles. The van der Waals surface area contributed by atoms with Gasteiger partial charge in [-0.15, -0.1) is 0 Å². The van der Waals surface area contributed by atoms with Gasteiger partial charge < -0.3 is 9.84 Å². The van der Waals surface area contributed by atoms with Crippen LogP contribution in [0.2, 0.25) is 0 Å². The summed E-state index contributed by atoms with van der Waals surface area (Å²) >= 11 is 0. The van der Waals surface area contributed by atoms with Gasteiger partial charge in [-0.2, -0.15) is 0 Å². The fraction of sp³-hybridized carbons (Fsp3) is 0.579. The quantitative estimate of drug-likeness (QED) is 0.565. The molecule has 0 saturated carbocycles. The summed E-state index contributed by atoms with van der Waals surface area (Å²) in [7, 11) is -2.92. The maximum Gasteiger partial charge on any atom is 0.147 e. The minimum absolute atomic E-state index is 0.00966. The summed E-state index contributed by atoms with van der Waals surface area (Å²) in [5.41, 5.74) is 3.87. The summed E-state index contributed by atoms with van der Waals surface area (Å²) < 4.78 is 28.2. The number of hydrogen-bond donors (Lipinski definition) is 1. The molecular formula is C19H28O4S. The van der Waals surface area contributed by atoms with Crippen LogP contribution in [0.4, 0.5) is 0 Å². The summed E-state index contributed by atoms with van der Waals surface area (Å²) in [6.07, 6.45) is 15.0. The number of rotatable bonds is 7. The Hall–Kier alpha value is -1.17. The van der Waals surface area contributed by atoms with Crippen LogP contribution in [0.3, 0.4) is 0 Å². The second-order valence-corrected chi connectivity index (χ2v) is 9.03. The van der Waals surface area contributed by atoms with Crippen LogP contribution in [0, 0.1) is 5.92 Å². The SMILES string of the molecule is CC1=CC(OCCCS(C)(=O)=O)CC=C(C2=CC=CC(CO)C2)C1. The largest absolute Gasteiger partial charge is 0.396 e. The van der Waals surface area contributed by atoms with Crippen LogP contribution in [0.25, 0.3) is 0 Å². The molecule has 0 spiro atoms. The summed E-state index contributed by atoms with van der Waals surface area (Å²) in [6.45, 7) is 2.75. The highest BCUT2D eigenvalue weighted by Crippen LogP contribution is 2.31. The van der Waals surface area contributed by atoms with Crippen molar-refractivity contribution in [2.75, 3.05) is 25.2 Å². The molecule has 0 fully saturated rings. The Morgan fingerprint density at radius 2 is 2.12 bits per heavy atom. The molecule has 0 radical (unpaired) electrons. The van der Waals surface area contributed by atoms with Gasteiger partial charge in [0.05, 0.1) is 11.9 Å². The molecule has 24 heavy (non-hydrogen) atoms. The van der Waals surface area contributed by atoms with Crippen molar-refractivity contribution in [3.63, 3.8) is 0 Å². The van der Waals surface area contributed by atoms with Crippen LogP contribution in [0.15, 0.2) is 47.1 Å². The van der Waals surface area contributed by atoms with E-state index in [-0.39, 0.29) is 24.4 Å². The van der Waals surface area contributed by atoms with Crippen molar-refractivity contribution in [1.82, 2.24) is 0 Å². The molecular weight excluding hydrogens is 324 g/mol. The highest BCUT2D eigenvalue weighted by molar-refractivity contribution is 7.90. The molecule has 2 aliphatic rings. The lowest BCUT2D eigenvalue weighted by Gasteiger charge is -2.19. The van der Waals surface area contributed by atoms with Gasteiger partial charge in [0.1, 0.15) is 9.84 Å². The first-order valence-electron chi connectivity index (χ1n) is 8.51. The van der Waals surface area contributed by atoms with E-state index in [9.17, 15) is 13.5 Å². The van der Waals surface area contributed by atoms with Crippen molar-refractivity contribution >= 4 is 9.84 Å². The lowest BCUT2D eigenvalue weighted by molar-refractivity contribution is 0.0878. The fourth-order valence-electron chi connectivity index (χ4n) is 3.10. The van der Waals surface area contributed by atoms with Gasteiger partial charge >= 0.3 is 0 Å². The minimum atomic E-state index is -2.92. The van der Waals surface area contributed by atoms with E-state index in [1.54, 1.807) is 0 Å². The molecule has 134 valence electrons. The molecule has 0 heterocycles. The second-order valence-electron chi connectivity index (χ2n) is 6.77. The Morgan fingerprint density at radius 1 is 1.33 bits per heavy atom. The molecule has 2 rings (SSSR count). The monoisotopic (exact) mass is 352 g/mol. The first kappa shape index (κ1) is 19.2. The molecule has 0 saturated heterocycles. The van der Waals surface area contributed by atoms with E-state index >= 15 is 0 Å². The second kappa shape index (κ2) is 8.79. The van der Waals surface area contributed by atoms with Gasteiger partial charge in [0, 0.05) is 25.4 Å². The Balaban J connectivity index is 1.92. The third kappa shape index (κ3) is 6.38. The predicted octanol–water partition coefficient (Wildman–Crippen LogP) is 2.97. The van der Waals surface area contributed by atoms with Crippen molar-refractivity contribution in [3.8, 4) is 0 Å². The van der Waals surface area contributed by atoms with Gasteiger partial charge in [0.2, 0.25) is 0 Å². The van der Waals surface area contributed by atoms with Crippen molar-refractivity contribution in [3.05, 3.63) is 47.1 Å². The van der Waals surface area contributed by atoms with Crippen LogP contribution in [0.5, 0.6) is 0 Å². The van der Waals surface area contributed by atoms with Crippen LogP contribution in [-0.4, -0.2) is 44.9 Å². The van der Waals surface area contributed by atoms with E-state index < -0.39 is 9.84 Å². The maximum atomic E-state index is 11.2. The molecule has 2 aliphatic carbocycles. The third-order valence-electron chi connectivity index (χ3n) is 4.34. The smallest absolute Gasteiger partial charge is 0.147 e. The van der Waals surface area contributed by atoms with Gasteiger partial charge in [-0.05, 0) is 43.8 Å². The molecule has 5 heteroatoms. The molecule has 0 aromatic rings. The lowest BCUT2D eigenvalue weighted by Crippen LogP contribution is -2.13. The maximum absolute atomic E-state index is 11.2. The third-order valence-corrected chi connectivity index (χ3v) is 5.37. The molecule has 0 amide bonds. The Kier molecular flexibility index (Phi) is 7.02.